The van der Waals surface area contributed by atoms with Gasteiger partial charge in [0.1, 0.15) is 0 Å². The second-order valence-corrected chi connectivity index (χ2v) is 6.17. The summed E-state index contributed by atoms with van der Waals surface area (Å²) < 4.78 is 0. The standard InChI is InChI=1S/C16H17NOS/c1-12-11-17(15(18)10-14-8-5-9-19-14)16(12)13-6-3-2-4-7-13/h2-9,12,16H,10-11H2,1H3. The van der Waals surface area contributed by atoms with E-state index in [1.165, 1.54) is 5.56 Å². The lowest BCUT2D eigenvalue weighted by Gasteiger charge is -2.47. The molecule has 2 nitrogen and oxygen atoms in total. The topological polar surface area (TPSA) is 20.3 Å². The van der Waals surface area contributed by atoms with E-state index in [4.69, 9.17) is 0 Å². The van der Waals surface area contributed by atoms with Crippen molar-refractivity contribution >= 4 is 17.2 Å². The van der Waals surface area contributed by atoms with Crippen LogP contribution in [0.4, 0.5) is 0 Å². The van der Waals surface area contributed by atoms with Crippen LogP contribution in [0.3, 0.4) is 0 Å². The molecule has 2 unspecified atom stereocenters. The zero-order valence-corrected chi connectivity index (χ0v) is 11.8. The predicted octanol–water partition coefficient (Wildman–Crippen LogP) is 3.51. The summed E-state index contributed by atoms with van der Waals surface area (Å²) in [6, 6.07) is 14.6. The van der Waals surface area contributed by atoms with E-state index in [9.17, 15) is 4.79 Å². The number of hydrogen-bond donors (Lipinski definition) is 0. The van der Waals surface area contributed by atoms with Gasteiger partial charge >= 0.3 is 0 Å². The van der Waals surface area contributed by atoms with Crippen LogP contribution in [-0.4, -0.2) is 17.4 Å². The fourth-order valence-corrected chi connectivity index (χ4v) is 3.47. The van der Waals surface area contributed by atoms with Gasteiger partial charge in [0.15, 0.2) is 0 Å². The van der Waals surface area contributed by atoms with Gasteiger partial charge in [-0.15, -0.1) is 11.3 Å². The van der Waals surface area contributed by atoms with E-state index in [1.54, 1.807) is 11.3 Å². The molecule has 1 aliphatic heterocycles. The van der Waals surface area contributed by atoms with Gasteiger partial charge in [0.2, 0.25) is 5.91 Å². The summed E-state index contributed by atoms with van der Waals surface area (Å²) in [5.41, 5.74) is 1.25. The Kier molecular flexibility index (Phi) is 3.38. The Balaban J connectivity index is 1.73. The molecule has 98 valence electrons. The third-order valence-electron chi connectivity index (χ3n) is 3.73. The van der Waals surface area contributed by atoms with E-state index < -0.39 is 0 Å². The van der Waals surface area contributed by atoms with Crippen molar-refractivity contribution in [1.82, 2.24) is 4.90 Å². The van der Waals surface area contributed by atoms with Gasteiger partial charge in [-0.1, -0.05) is 43.3 Å². The monoisotopic (exact) mass is 271 g/mol. The third kappa shape index (κ3) is 2.43. The van der Waals surface area contributed by atoms with Gasteiger partial charge in [0.05, 0.1) is 12.5 Å². The van der Waals surface area contributed by atoms with Gasteiger partial charge in [-0.25, -0.2) is 0 Å². The lowest BCUT2D eigenvalue weighted by molar-refractivity contribution is -0.142. The van der Waals surface area contributed by atoms with Crippen molar-refractivity contribution in [3.05, 3.63) is 58.3 Å². The van der Waals surface area contributed by atoms with Crippen LogP contribution in [-0.2, 0) is 11.2 Å². The van der Waals surface area contributed by atoms with Crippen molar-refractivity contribution in [2.45, 2.75) is 19.4 Å². The quantitative estimate of drug-likeness (QED) is 0.836. The maximum Gasteiger partial charge on any atom is 0.228 e. The average molecular weight is 271 g/mol. The molecule has 0 N–H and O–H groups in total. The molecule has 1 aliphatic rings. The first-order valence-corrected chi connectivity index (χ1v) is 7.50. The molecular weight excluding hydrogens is 254 g/mol. The van der Waals surface area contributed by atoms with E-state index in [-0.39, 0.29) is 11.9 Å². The second-order valence-electron chi connectivity index (χ2n) is 5.14. The molecule has 0 radical (unpaired) electrons. The summed E-state index contributed by atoms with van der Waals surface area (Å²) in [5.74, 6) is 0.795. The average Bonchev–Trinajstić information content (AvgIpc) is 2.89. The SMILES string of the molecule is CC1CN(C(=O)Cc2cccs2)C1c1ccccc1. The highest BCUT2D eigenvalue weighted by atomic mass is 32.1. The molecule has 2 aromatic rings. The van der Waals surface area contributed by atoms with Crippen molar-refractivity contribution < 1.29 is 4.79 Å². The normalized spacial score (nSPS) is 22.1. The molecule has 2 heterocycles. The first-order valence-electron chi connectivity index (χ1n) is 6.62. The Morgan fingerprint density at radius 3 is 2.68 bits per heavy atom. The first kappa shape index (κ1) is 12.4. The number of carbonyl (C=O) groups is 1. The maximum absolute atomic E-state index is 12.4. The highest BCUT2D eigenvalue weighted by Crippen LogP contribution is 2.38. The Bertz CT molecular complexity index is 549. The molecular formula is C16H17NOS. The second kappa shape index (κ2) is 5.17. The van der Waals surface area contributed by atoms with Gasteiger partial charge in [0, 0.05) is 11.4 Å². The minimum Gasteiger partial charge on any atom is -0.335 e. The van der Waals surface area contributed by atoms with E-state index >= 15 is 0 Å². The Hall–Kier alpha value is -1.61. The maximum atomic E-state index is 12.4. The van der Waals surface area contributed by atoms with Crippen molar-refractivity contribution in [1.29, 1.82) is 0 Å². The highest BCUT2D eigenvalue weighted by Gasteiger charge is 2.39. The Morgan fingerprint density at radius 1 is 1.26 bits per heavy atom. The van der Waals surface area contributed by atoms with Crippen molar-refractivity contribution in [3.8, 4) is 0 Å². The van der Waals surface area contributed by atoms with E-state index in [2.05, 4.69) is 19.1 Å². The molecule has 3 rings (SSSR count). The molecule has 1 amide bonds. The summed E-state index contributed by atoms with van der Waals surface area (Å²) in [7, 11) is 0. The summed E-state index contributed by atoms with van der Waals surface area (Å²) in [6.07, 6.45) is 0.535. The lowest BCUT2D eigenvalue weighted by Crippen LogP contribution is -2.51. The van der Waals surface area contributed by atoms with Gasteiger partial charge in [-0.2, -0.15) is 0 Å². The summed E-state index contributed by atoms with van der Waals surface area (Å²) in [5, 5.41) is 2.02. The first-order chi connectivity index (χ1) is 9.25. The van der Waals surface area contributed by atoms with Gasteiger partial charge < -0.3 is 4.90 Å². The minimum atomic E-state index is 0.245. The number of carbonyl (C=O) groups excluding carboxylic acids is 1. The summed E-state index contributed by atoms with van der Waals surface area (Å²) >= 11 is 1.65. The number of likely N-dealkylation sites (tertiary alicyclic amines) is 1. The molecule has 1 saturated heterocycles. The molecule has 0 saturated carbocycles. The van der Waals surface area contributed by atoms with Crippen LogP contribution in [0.5, 0.6) is 0 Å². The molecule has 1 aromatic heterocycles. The minimum absolute atomic E-state index is 0.245. The van der Waals surface area contributed by atoms with Crippen LogP contribution in [0.25, 0.3) is 0 Å². The van der Waals surface area contributed by atoms with Crippen LogP contribution in [0.1, 0.15) is 23.4 Å². The fraction of sp³-hybridized carbons (Fsp3) is 0.312. The van der Waals surface area contributed by atoms with Crippen LogP contribution in [0.2, 0.25) is 0 Å². The third-order valence-corrected chi connectivity index (χ3v) is 4.60. The zero-order chi connectivity index (χ0) is 13.2. The Morgan fingerprint density at radius 2 is 2.05 bits per heavy atom. The van der Waals surface area contributed by atoms with Crippen LogP contribution < -0.4 is 0 Å². The van der Waals surface area contributed by atoms with Crippen molar-refractivity contribution in [2.75, 3.05) is 6.54 Å². The van der Waals surface area contributed by atoms with E-state index in [1.807, 2.05) is 40.6 Å². The smallest absolute Gasteiger partial charge is 0.228 e. The number of rotatable bonds is 3. The summed E-state index contributed by atoms with van der Waals surface area (Å²) in [6.45, 7) is 3.09. The van der Waals surface area contributed by atoms with Crippen LogP contribution in [0, 0.1) is 5.92 Å². The number of benzene rings is 1. The van der Waals surface area contributed by atoms with Crippen LogP contribution >= 0.6 is 11.3 Å². The molecule has 0 bridgehead atoms. The number of thiophene rings is 1. The molecule has 1 fully saturated rings. The molecule has 3 heteroatoms. The van der Waals surface area contributed by atoms with Gasteiger partial charge in [-0.3, -0.25) is 4.79 Å². The molecule has 0 spiro atoms. The fourth-order valence-electron chi connectivity index (χ4n) is 2.77. The highest BCUT2D eigenvalue weighted by molar-refractivity contribution is 7.10. The van der Waals surface area contributed by atoms with E-state index in [0.717, 1.165) is 11.4 Å². The molecule has 2 atom stereocenters. The van der Waals surface area contributed by atoms with Crippen molar-refractivity contribution in [2.24, 2.45) is 5.92 Å². The molecule has 19 heavy (non-hydrogen) atoms. The number of amides is 1. The zero-order valence-electron chi connectivity index (χ0n) is 11.0. The van der Waals surface area contributed by atoms with E-state index in [0.29, 0.717) is 12.3 Å². The number of nitrogens with zero attached hydrogens (tertiary/aromatic N) is 1. The Labute approximate surface area is 117 Å². The van der Waals surface area contributed by atoms with Gasteiger partial charge in [0.25, 0.3) is 0 Å². The van der Waals surface area contributed by atoms with Crippen LogP contribution in [0.15, 0.2) is 47.8 Å². The van der Waals surface area contributed by atoms with Crippen molar-refractivity contribution in [3.63, 3.8) is 0 Å². The molecule has 0 aliphatic carbocycles. The largest absolute Gasteiger partial charge is 0.335 e. The van der Waals surface area contributed by atoms with Gasteiger partial charge in [-0.05, 0) is 22.9 Å². The predicted molar refractivity (Wildman–Crippen MR) is 78.1 cm³/mol. The molecule has 1 aromatic carbocycles. The lowest BCUT2D eigenvalue weighted by atomic mass is 9.84. The number of hydrogen-bond acceptors (Lipinski definition) is 2. The summed E-state index contributed by atoms with van der Waals surface area (Å²) in [4.78, 5) is 15.5.